The number of aromatic carboxylic acids is 1. The van der Waals surface area contributed by atoms with Crippen molar-refractivity contribution in [2.24, 2.45) is 0 Å². The number of hydrogen-bond acceptors (Lipinski definition) is 4. The first-order valence-corrected chi connectivity index (χ1v) is 8.29. The highest BCUT2D eigenvalue weighted by Gasteiger charge is 2.16. The third kappa shape index (κ3) is 2.40. The van der Waals surface area contributed by atoms with E-state index in [4.69, 9.17) is 4.74 Å². The molecule has 0 atom stereocenters. The highest BCUT2D eigenvalue weighted by Crippen LogP contribution is 2.34. The fraction of sp³-hybridized carbons (Fsp3) is 0.211. The van der Waals surface area contributed by atoms with Gasteiger partial charge in [0.05, 0.1) is 40.8 Å². The van der Waals surface area contributed by atoms with Gasteiger partial charge in [-0.25, -0.2) is 4.79 Å². The number of nitrogens with zero attached hydrogens (tertiary/aromatic N) is 3. The molecule has 26 heavy (non-hydrogen) atoms. The Balaban J connectivity index is 1.97. The van der Waals surface area contributed by atoms with Crippen molar-refractivity contribution < 1.29 is 14.6 Å². The largest absolute Gasteiger partial charge is 0.495 e. The molecule has 0 amide bonds. The molecule has 0 saturated carbocycles. The molecule has 0 saturated heterocycles. The van der Waals surface area contributed by atoms with Gasteiger partial charge in [-0.2, -0.15) is 5.10 Å². The second-order valence-corrected chi connectivity index (χ2v) is 6.13. The van der Waals surface area contributed by atoms with Crippen LogP contribution in [0.3, 0.4) is 0 Å². The lowest BCUT2D eigenvalue weighted by molar-refractivity contribution is 0.0696. The van der Waals surface area contributed by atoms with Crippen molar-refractivity contribution in [3.8, 4) is 17.1 Å². The van der Waals surface area contributed by atoms with Gasteiger partial charge in [-0.15, -0.1) is 0 Å². The summed E-state index contributed by atoms with van der Waals surface area (Å²) in [5.74, 6) is -0.501. The number of ether oxygens (including phenoxy) is 1. The van der Waals surface area contributed by atoms with Crippen molar-refractivity contribution in [3.63, 3.8) is 0 Å². The number of methoxy groups -OCH3 is 1. The molecular formula is C19H18N4O3. The number of benzene rings is 1. The van der Waals surface area contributed by atoms with Crippen molar-refractivity contribution in [3.05, 3.63) is 41.7 Å². The number of H-pyrrole nitrogens is 1. The first-order chi connectivity index (χ1) is 12.5. The zero-order valence-electron chi connectivity index (χ0n) is 14.7. The molecule has 132 valence electrons. The molecule has 4 rings (SSSR count). The minimum absolute atomic E-state index is 0.180. The molecule has 0 aliphatic carbocycles. The quantitative estimate of drug-likeness (QED) is 0.586. The summed E-state index contributed by atoms with van der Waals surface area (Å²) in [5, 5.41) is 15.4. The van der Waals surface area contributed by atoms with Crippen LogP contribution in [0.25, 0.3) is 33.2 Å². The molecule has 0 unspecified atom stereocenters. The van der Waals surface area contributed by atoms with Crippen LogP contribution in [0.5, 0.6) is 5.75 Å². The lowest BCUT2D eigenvalue weighted by Crippen LogP contribution is -2.00. The maximum absolute atomic E-state index is 11.4. The normalized spacial score (nSPS) is 11.3. The van der Waals surface area contributed by atoms with E-state index >= 15 is 0 Å². The average molecular weight is 350 g/mol. The Bertz CT molecular complexity index is 1160. The Labute approximate surface area is 149 Å². The lowest BCUT2D eigenvalue weighted by Gasteiger charge is -2.04. The molecule has 2 N–H and O–H groups in total. The number of aromatic amines is 1. The Morgan fingerprint density at radius 2 is 2.08 bits per heavy atom. The summed E-state index contributed by atoms with van der Waals surface area (Å²) in [4.78, 5) is 19.3. The molecule has 3 heterocycles. The first kappa shape index (κ1) is 16.1. The number of nitrogens with one attached hydrogen (secondary N) is 1. The smallest absolute Gasteiger partial charge is 0.335 e. The number of carboxylic acids is 1. The van der Waals surface area contributed by atoms with Crippen molar-refractivity contribution in [2.75, 3.05) is 7.11 Å². The van der Waals surface area contributed by atoms with Crippen LogP contribution in [-0.2, 0) is 6.54 Å². The summed E-state index contributed by atoms with van der Waals surface area (Å²) in [6, 6.07) is 7.12. The van der Waals surface area contributed by atoms with E-state index in [-0.39, 0.29) is 5.56 Å². The molecule has 0 spiro atoms. The zero-order valence-corrected chi connectivity index (χ0v) is 14.7. The van der Waals surface area contributed by atoms with Crippen LogP contribution in [0.15, 0.2) is 30.5 Å². The number of hydrogen-bond donors (Lipinski definition) is 2. The van der Waals surface area contributed by atoms with Gasteiger partial charge < -0.3 is 14.8 Å². The molecule has 0 aliphatic rings. The summed E-state index contributed by atoms with van der Waals surface area (Å²) < 4.78 is 7.29. The molecule has 4 aromatic rings. The van der Waals surface area contributed by atoms with Crippen LogP contribution in [0.4, 0.5) is 0 Å². The second kappa shape index (κ2) is 5.87. The number of carbonyl (C=O) groups is 1. The topological polar surface area (TPSA) is 93.0 Å². The van der Waals surface area contributed by atoms with Gasteiger partial charge in [0.25, 0.3) is 0 Å². The van der Waals surface area contributed by atoms with Gasteiger partial charge in [0, 0.05) is 23.5 Å². The predicted molar refractivity (Wildman–Crippen MR) is 98.7 cm³/mol. The van der Waals surface area contributed by atoms with Gasteiger partial charge in [-0.05, 0) is 38.1 Å². The Kier molecular flexibility index (Phi) is 3.64. The third-order valence-electron chi connectivity index (χ3n) is 4.49. The van der Waals surface area contributed by atoms with Gasteiger partial charge >= 0.3 is 5.97 Å². The number of fused-ring (bicyclic) bond motifs is 3. The second-order valence-electron chi connectivity index (χ2n) is 6.13. The van der Waals surface area contributed by atoms with Gasteiger partial charge in [-0.3, -0.25) is 9.67 Å². The molecule has 7 nitrogen and oxygen atoms in total. The zero-order chi connectivity index (χ0) is 18.4. The molecule has 0 radical (unpaired) electrons. The number of rotatable bonds is 4. The lowest BCUT2D eigenvalue weighted by atomic mass is 10.1. The van der Waals surface area contributed by atoms with Crippen molar-refractivity contribution in [2.45, 2.75) is 20.4 Å². The van der Waals surface area contributed by atoms with E-state index in [0.29, 0.717) is 5.75 Å². The number of aryl methyl sites for hydroxylation is 2. The number of carboxylic acid groups (broad SMARTS) is 1. The van der Waals surface area contributed by atoms with Crippen LogP contribution < -0.4 is 4.74 Å². The van der Waals surface area contributed by atoms with Gasteiger partial charge in [0.15, 0.2) is 0 Å². The molecule has 0 aliphatic heterocycles. The van der Waals surface area contributed by atoms with Crippen LogP contribution in [0.1, 0.15) is 23.0 Å². The first-order valence-electron chi connectivity index (χ1n) is 8.29. The minimum Gasteiger partial charge on any atom is -0.495 e. The molecule has 1 aromatic carbocycles. The highest BCUT2D eigenvalue weighted by molar-refractivity contribution is 6.11. The maximum atomic E-state index is 11.4. The van der Waals surface area contributed by atoms with Crippen LogP contribution in [-0.4, -0.2) is 37.9 Å². The standard InChI is InChI=1S/C19H18N4O3/c1-4-23-16(5-10(2)22-23)15-8-14-13(9-20-15)12-6-11(19(24)25)7-17(26-3)18(12)21-14/h5-9,21H,4H2,1-3H3,(H,24,25). The Hall–Kier alpha value is -3.35. The molecule has 0 bridgehead atoms. The Morgan fingerprint density at radius 1 is 1.27 bits per heavy atom. The monoisotopic (exact) mass is 350 g/mol. The van der Waals surface area contributed by atoms with Crippen LogP contribution in [0.2, 0.25) is 0 Å². The predicted octanol–water partition coefficient (Wildman–Crippen LogP) is 3.61. The Morgan fingerprint density at radius 3 is 2.77 bits per heavy atom. The average Bonchev–Trinajstić information content (AvgIpc) is 3.20. The van der Waals surface area contributed by atoms with Gasteiger partial charge in [-0.1, -0.05) is 0 Å². The highest BCUT2D eigenvalue weighted by atomic mass is 16.5. The van der Waals surface area contributed by atoms with Crippen molar-refractivity contribution in [1.82, 2.24) is 19.7 Å². The van der Waals surface area contributed by atoms with Crippen LogP contribution >= 0.6 is 0 Å². The third-order valence-corrected chi connectivity index (χ3v) is 4.49. The van der Waals surface area contributed by atoms with E-state index in [1.165, 1.54) is 13.2 Å². The molecule has 7 heteroatoms. The van der Waals surface area contributed by atoms with E-state index in [1.54, 1.807) is 12.3 Å². The summed E-state index contributed by atoms with van der Waals surface area (Å²) in [6.07, 6.45) is 1.76. The van der Waals surface area contributed by atoms with E-state index in [2.05, 4.69) is 15.1 Å². The molecule has 3 aromatic heterocycles. The summed E-state index contributed by atoms with van der Waals surface area (Å²) in [6.45, 7) is 4.75. The molecule has 0 fully saturated rings. The number of pyridine rings is 1. The van der Waals surface area contributed by atoms with E-state index in [9.17, 15) is 9.90 Å². The van der Waals surface area contributed by atoms with Crippen LogP contribution in [0, 0.1) is 6.92 Å². The summed E-state index contributed by atoms with van der Waals surface area (Å²) in [5.41, 5.74) is 4.50. The van der Waals surface area contributed by atoms with Crippen molar-refractivity contribution in [1.29, 1.82) is 0 Å². The fourth-order valence-corrected chi connectivity index (χ4v) is 3.28. The maximum Gasteiger partial charge on any atom is 0.335 e. The van der Waals surface area contributed by atoms with E-state index in [0.717, 1.165) is 45.4 Å². The summed E-state index contributed by atoms with van der Waals surface area (Å²) >= 11 is 0. The van der Waals surface area contributed by atoms with E-state index < -0.39 is 5.97 Å². The van der Waals surface area contributed by atoms with Crippen molar-refractivity contribution >= 4 is 27.8 Å². The minimum atomic E-state index is -0.994. The SMILES string of the molecule is CCn1nc(C)cc1-c1cc2[nH]c3c(OC)cc(C(=O)O)cc3c2cn1. The fourth-order valence-electron chi connectivity index (χ4n) is 3.28. The van der Waals surface area contributed by atoms with Gasteiger partial charge in [0.2, 0.25) is 0 Å². The number of aromatic nitrogens is 4. The molecular weight excluding hydrogens is 332 g/mol. The van der Waals surface area contributed by atoms with E-state index in [1.807, 2.05) is 30.7 Å². The van der Waals surface area contributed by atoms with Gasteiger partial charge in [0.1, 0.15) is 5.75 Å². The summed E-state index contributed by atoms with van der Waals surface area (Å²) in [7, 11) is 1.53.